The fraction of sp³-hybridized carbons (Fsp3) is 0.647. The summed E-state index contributed by atoms with van der Waals surface area (Å²) >= 11 is 3.63. The molecule has 4 heteroatoms. The smallest absolute Gasteiger partial charge is 0.0467 e. The summed E-state index contributed by atoms with van der Waals surface area (Å²) in [6, 6.07) is 6.91. The van der Waals surface area contributed by atoms with Gasteiger partial charge in [-0.2, -0.15) is 0 Å². The topological polar surface area (TPSA) is 32.5 Å². The minimum atomic E-state index is 0.307. The summed E-state index contributed by atoms with van der Waals surface area (Å²) in [5.74, 6) is 0.800. The van der Waals surface area contributed by atoms with Crippen molar-refractivity contribution in [3.8, 4) is 0 Å². The van der Waals surface area contributed by atoms with Gasteiger partial charge in [-0.25, -0.2) is 0 Å². The Kier molecular flexibility index (Phi) is 6.23. The molecule has 1 aliphatic rings. The molecule has 3 nitrogen and oxygen atoms in total. The molecule has 0 amide bonds. The average Bonchev–Trinajstić information content (AvgIpc) is 2.46. The number of nitrogens with two attached hydrogens (primary N) is 1. The molecule has 1 heterocycles. The highest BCUT2D eigenvalue weighted by Gasteiger charge is 2.22. The highest BCUT2D eigenvalue weighted by atomic mass is 79.9. The molecule has 2 N–H and O–H groups in total. The van der Waals surface area contributed by atoms with Gasteiger partial charge in [0.25, 0.3) is 0 Å². The van der Waals surface area contributed by atoms with Gasteiger partial charge < -0.3 is 10.6 Å². The third-order valence-electron chi connectivity index (χ3n) is 4.72. The predicted molar refractivity (Wildman–Crippen MR) is 93.5 cm³/mol. The molecular weight excluding hydrogens is 326 g/mol. The monoisotopic (exact) mass is 353 g/mol. The zero-order valence-electron chi connectivity index (χ0n) is 13.5. The fourth-order valence-corrected chi connectivity index (χ4v) is 3.56. The second-order valence-corrected chi connectivity index (χ2v) is 7.30. The summed E-state index contributed by atoms with van der Waals surface area (Å²) in [5, 5.41) is 0. The number of aryl methyl sites for hydroxylation is 1. The van der Waals surface area contributed by atoms with Crippen molar-refractivity contribution in [3.63, 3.8) is 0 Å². The fourth-order valence-electron chi connectivity index (χ4n) is 3.17. The number of hydrogen-bond donors (Lipinski definition) is 1. The van der Waals surface area contributed by atoms with Crippen LogP contribution in [0.2, 0.25) is 0 Å². The van der Waals surface area contributed by atoms with Gasteiger partial charge in [0.2, 0.25) is 0 Å². The van der Waals surface area contributed by atoms with Crippen molar-refractivity contribution < 1.29 is 0 Å². The van der Waals surface area contributed by atoms with Crippen LogP contribution < -0.4 is 5.73 Å². The Morgan fingerprint density at radius 1 is 1.38 bits per heavy atom. The minimum Gasteiger partial charge on any atom is -0.329 e. The molecule has 0 saturated carbocycles. The van der Waals surface area contributed by atoms with E-state index in [1.807, 2.05) is 0 Å². The molecular formula is C17H28BrN3. The Bertz CT molecular complexity index is 455. The number of likely N-dealkylation sites (tertiary alicyclic amines) is 1. The summed E-state index contributed by atoms with van der Waals surface area (Å²) < 4.78 is 1.17. The Labute approximate surface area is 137 Å². The van der Waals surface area contributed by atoms with E-state index in [0.29, 0.717) is 12.6 Å². The first-order chi connectivity index (χ1) is 10.0. The molecule has 1 fully saturated rings. The number of nitrogens with zero attached hydrogens (tertiary/aromatic N) is 2. The number of benzene rings is 1. The molecule has 2 rings (SSSR count). The summed E-state index contributed by atoms with van der Waals surface area (Å²) in [6.45, 7) is 6.37. The van der Waals surface area contributed by atoms with Gasteiger partial charge in [0.05, 0.1) is 0 Å². The van der Waals surface area contributed by atoms with Gasteiger partial charge in [0.15, 0.2) is 0 Å². The van der Waals surface area contributed by atoms with Crippen LogP contribution in [-0.4, -0.2) is 50.1 Å². The van der Waals surface area contributed by atoms with E-state index in [2.05, 4.69) is 64.9 Å². The van der Waals surface area contributed by atoms with Gasteiger partial charge in [-0.3, -0.25) is 4.90 Å². The SMILES string of the molecule is Cc1ccc(C(CN)N(C)CC2CCN(C)CC2)cc1Br. The van der Waals surface area contributed by atoms with Crippen LogP contribution in [0.5, 0.6) is 0 Å². The van der Waals surface area contributed by atoms with Gasteiger partial charge >= 0.3 is 0 Å². The third-order valence-corrected chi connectivity index (χ3v) is 5.57. The molecule has 0 aliphatic carbocycles. The summed E-state index contributed by atoms with van der Waals surface area (Å²) in [6.07, 6.45) is 2.60. The van der Waals surface area contributed by atoms with Crippen LogP contribution in [0.3, 0.4) is 0 Å². The molecule has 1 aromatic rings. The van der Waals surface area contributed by atoms with Gasteiger partial charge in [-0.05, 0) is 70.1 Å². The van der Waals surface area contributed by atoms with Crippen molar-refractivity contribution >= 4 is 15.9 Å². The van der Waals surface area contributed by atoms with Gasteiger partial charge in [0.1, 0.15) is 0 Å². The summed E-state index contributed by atoms with van der Waals surface area (Å²) in [4.78, 5) is 4.86. The van der Waals surface area contributed by atoms with Crippen molar-refractivity contribution in [2.75, 3.05) is 40.3 Å². The Morgan fingerprint density at radius 3 is 2.62 bits per heavy atom. The number of likely N-dealkylation sites (N-methyl/N-ethyl adjacent to an activating group) is 1. The first kappa shape index (κ1) is 16.9. The molecule has 1 aromatic carbocycles. The van der Waals surface area contributed by atoms with Crippen LogP contribution in [0.1, 0.15) is 30.0 Å². The van der Waals surface area contributed by atoms with E-state index >= 15 is 0 Å². The largest absolute Gasteiger partial charge is 0.329 e. The van der Waals surface area contributed by atoms with Gasteiger partial charge in [-0.15, -0.1) is 0 Å². The molecule has 1 aliphatic heterocycles. The molecule has 1 saturated heterocycles. The Balaban J connectivity index is 2.00. The lowest BCUT2D eigenvalue weighted by Crippen LogP contribution is -2.38. The van der Waals surface area contributed by atoms with Crippen molar-refractivity contribution in [2.45, 2.75) is 25.8 Å². The molecule has 0 radical (unpaired) electrons. The second kappa shape index (κ2) is 7.73. The highest BCUT2D eigenvalue weighted by Crippen LogP contribution is 2.26. The lowest BCUT2D eigenvalue weighted by molar-refractivity contribution is 0.151. The van der Waals surface area contributed by atoms with Gasteiger partial charge in [-0.1, -0.05) is 28.1 Å². The molecule has 1 atom stereocenters. The molecule has 0 bridgehead atoms. The number of rotatable bonds is 5. The van der Waals surface area contributed by atoms with Crippen LogP contribution >= 0.6 is 15.9 Å². The van der Waals surface area contributed by atoms with E-state index in [1.165, 1.54) is 41.5 Å². The Hall–Kier alpha value is -0.420. The predicted octanol–water partition coefficient (Wildman–Crippen LogP) is 3.03. The van der Waals surface area contributed by atoms with Crippen LogP contribution in [-0.2, 0) is 0 Å². The quantitative estimate of drug-likeness (QED) is 0.882. The third kappa shape index (κ3) is 4.52. The van der Waals surface area contributed by atoms with E-state index in [1.54, 1.807) is 0 Å². The number of hydrogen-bond acceptors (Lipinski definition) is 3. The van der Waals surface area contributed by atoms with Crippen LogP contribution in [0.25, 0.3) is 0 Å². The molecule has 118 valence electrons. The molecule has 1 unspecified atom stereocenters. The van der Waals surface area contributed by atoms with Gasteiger partial charge in [0, 0.05) is 23.6 Å². The Morgan fingerprint density at radius 2 is 2.05 bits per heavy atom. The zero-order valence-corrected chi connectivity index (χ0v) is 15.1. The van der Waals surface area contributed by atoms with Crippen molar-refractivity contribution in [3.05, 3.63) is 33.8 Å². The van der Waals surface area contributed by atoms with Crippen LogP contribution in [0.4, 0.5) is 0 Å². The average molecular weight is 354 g/mol. The molecule has 21 heavy (non-hydrogen) atoms. The second-order valence-electron chi connectivity index (χ2n) is 6.45. The maximum absolute atomic E-state index is 6.06. The minimum absolute atomic E-state index is 0.307. The molecule has 0 spiro atoms. The van der Waals surface area contributed by atoms with Crippen LogP contribution in [0.15, 0.2) is 22.7 Å². The lowest BCUT2D eigenvalue weighted by Gasteiger charge is -2.35. The van der Waals surface area contributed by atoms with E-state index in [9.17, 15) is 0 Å². The van der Waals surface area contributed by atoms with Crippen molar-refractivity contribution in [2.24, 2.45) is 11.7 Å². The normalized spacial score (nSPS) is 19.1. The van der Waals surface area contributed by atoms with E-state index < -0.39 is 0 Å². The van der Waals surface area contributed by atoms with E-state index in [0.717, 1.165) is 12.5 Å². The lowest BCUT2D eigenvalue weighted by atomic mass is 9.95. The van der Waals surface area contributed by atoms with E-state index in [4.69, 9.17) is 5.73 Å². The van der Waals surface area contributed by atoms with Crippen molar-refractivity contribution in [1.82, 2.24) is 9.80 Å². The first-order valence-corrected chi connectivity index (χ1v) is 8.65. The standard InChI is InChI=1S/C17H28BrN3/c1-13-4-5-15(10-16(13)18)17(11-19)21(3)12-14-6-8-20(2)9-7-14/h4-5,10,14,17H,6-9,11-12,19H2,1-3H3. The highest BCUT2D eigenvalue weighted by molar-refractivity contribution is 9.10. The van der Waals surface area contributed by atoms with E-state index in [-0.39, 0.29) is 0 Å². The van der Waals surface area contributed by atoms with Crippen molar-refractivity contribution in [1.29, 1.82) is 0 Å². The first-order valence-electron chi connectivity index (χ1n) is 7.86. The van der Waals surface area contributed by atoms with Crippen LogP contribution in [0, 0.1) is 12.8 Å². The maximum Gasteiger partial charge on any atom is 0.0467 e. The summed E-state index contributed by atoms with van der Waals surface area (Å²) in [7, 11) is 4.43. The number of halogens is 1. The zero-order chi connectivity index (χ0) is 15.4. The maximum atomic E-state index is 6.06. The number of piperidine rings is 1. The molecule has 0 aromatic heterocycles. The summed E-state index contributed by atoms with van der Waals surface area (Å²) in [5.41, 5.74) is 8.64.